The number of hydrogen-bond donors (Lipinski definition) is 1. The maximum atomic E-state index is 12.1. The minimum atomic E-state index is 0.0170. The monoisotopic (exact) mass is 240 g/mol. The van der Waals surface area contributed by atoms with E-state index >= 15 is 0 Å². The molecule has 1 saturated carbocycles. The van der Waals surface area contributed by atoms with Crippen molar-refractivity contribution in [3.63, 3.8) is 0 Å². The fraction of sp³-hybridized carbons (Fsp3) is 0.923. The summed E-state index contributed by atoms with van der Waals surface area (Å²) in [7, 11) is 0. The van der Waals surface area contributed by atoms with E-state index in [9.17, 15) is 4.79 Å². The molecule has 98 valence electrons. The molecule has 0 aromatic carbocycles. The first-order chi connectivity index (χ1) is 8.26. The van der Waals surface area contributed by atoms with E-state index in [1.807, 2.05) is 4.90 Å². The van der Waals surface area contributed by atoms with Crippen molar-refractivity contribution < 1.29 is 9.53 Å². The van der Waals surface area contributed by atoms with Crippen LogP contribution in [0.5, 0.6) is 0 Å². The Bertz CT molecular complexity index is 266. The summed E-state index contributed by atoms with van der Waals surface area (Å²) in [5.41, 5.74) is 0. The summed E-state index contributed by atoms with van der Waals surface area (Å²) < 4.78 is 5.61. The van der Waals surface area contributed by atoms with E-state index in [2.05, 4.69) is 19.2 Å². The van der Waals surface area contributed by atoms with E-state index in [4.69, 9.17) is 4.74 Å². The van der Waals surface area contributed by atoms with E-state index in [1.54, 1.807) is 0 Å². The van der Waals surface area contributed by atoms with Crippen LogP contribution in [-0.2, 0) is 9.53 Å². The third kappa shape index (κ3) is 3.19. The molecule has 17 heavy (non-hydrogen) atoms. The van der Waals surface area contributed by atoms with Gasteiger partial charge in [-0.2, -0.15) is 0 Å². The van der Waals surface area contributed by atoms with Crippen molar-refractivity contribution in [3.05, 3.63) is 0 Å². The minimum Gasteiger partial charge on any atom is -0.379 e. The van der Waals surface area contributed by atoms with Gasteiger partial charge < -0.3 is 9.64 Å². The number of amides is 1. The molecule has 1 saturated heterocycles. The molecule has 1 amide bonds. The molecule has 2 rings (SSSR count). The molecular weight excluding hydrogens is 216 g/mol. The van der Waals surface area contributed by atoms with E-state index in [0.29, 0.717) is 6.61 Å². The van der Waals surface area contributed by atoms with Crippen LogP contribution in [0.3, 0.4) is 0 Å². The number of hydrogen-bond acceptors (Lipinski definition) is 3. The van der Waals surface area contributed by atoms with Crippen LogP contribution >= 0.6 is 0 Å². The Kier molecular flexibility index (Phi) is 4.40. The molecule has 0 radical (unpaired) electrons. The lowest BCUT2D eigenvalue weighted by Crippen LogP contribution is -2.39. The first-order valence-electron chi connectivity index (χ1n) is 6.90. The molecule has 1 aliphatic carbocycles. The summed E-state index contributed by atoms with van der Waals surface area (Å²) in [5.74, 6) is 1.04. The normalized spacial score (nSPS) is 29.1. The lowest BCUT2D eigenvalue weighted by atomic mass is 10.2. The smallest absolute Gasteiger partial charge is 0.241 e. The SMILES string of the molecule is CCC1NC(CC)N(CCOCC2CC2)C1=O. The Morgan fingerprint density at radius 3 is 2.71 bits per heavy atom. The van der Waals surface area contributed by atoms with Gasteiger partial charge in [0.1, 0.15) is 0 Å². The zero-order valence-electron chi connectivity index (χ0n) is 10.9. The number of carbonyl (C=O) groups is 1. The number of rotatable bonds is 7. The molecule has 0 aromatic rings. The standard InChI is InChI=1S/C13H24N2O2/c1-3-11-13(16)15(12(4-2)14-11)7-8-17-9-10-5-6-10/h10-12,14H,3-9H2,1-2H3. The average molecular weight is 240 g/mol. The number of carbonyl (C=O) groups excluding carboxylic acids is 1. The topological polar surface area (TPSA) is 41.6 Å². The Hall–Kier alpha value is -0.610. The highest BCUT2D eigenvalue weighted by Gasteiger charge is 2.36. The van der Waals surface area contributed by atoms with E-state index in [-0.39, 0.29) is 18.1 Å². The van der Waals surface area contributed by atoms with Crippen molar-refractivity contribution in [2.45, 2.75) is 51.7 Å². The summed E-state index contributed by atoms with van der Waals surface area (Å²) in [6.45, 7) is 6.45. The van der Waals surface area contributed by atoms with Crippen LogP contribution in [0.1, 0.15) is 39.5 Å². The van der Waals surface area contributed by atoms with Crippen LogP contribution in [0.4, 0.5) is 0 Å². The molecule has 0 bridgehead atoms. The van der Waals surface area contributed by atoms with Crippen LogP contribution in [-0.4, -0.2) is 42.8 Å². The molecular formula is C13H24N2O2. The quantitative estimate of drug-likeness (QED) is 0.683. The molecule has 0 aromatic heterocycles. The predicted molar refractivity (Wildman–Crippen MR) is 66.5 cm³/mol. The van der Waals surface area contributed by atoms with Crippen LogP contribution in [0.2, 0.25) is 0 Å². The molecule has 2 unspecified atom stereocenters. The van der Waals surface area contributed by atoms with Crippen LogP contribution in [0.25, 0.3) is 0 Å². The van der Waals surface area contributed by atoms with Crippen LogP contribution < -0.4 is 5.32 Å². The summed E-state index contributed by atoms with van der Waals surface area (Å²) in [4.78, 5) is 14.0. The fourth-order valence-corrected chi connectivity index (χ4v) is 2.34. The Balaban J connectivity index is 1.73. The van der Waals surface area contributed by atoms with Gasteiger partial charge in [-0.3, -0.25) is 10.1 Å². The van der Waals surface area contributed by atoms with Gasteiger partial charge in [0, 0.05) is 13.2 Å². The van der Waals surface area contributed by atoms with Gasteiger partial charge in [0.2, 0.25) is 5.91 Å². The molecule has 1 N–H and O–H groups in total. The summed E-state index contributed by atoms with van der Waals surface area (Å²) in [6.07, 6.45) is 4.68. The highest BCUT2D eigenvalue weighted by molar-refractivity contribution is 5.84. The Labute approximate surface area is 104 Å². The highest BCUT2D eigenvalue weighted by atomic mass is 16.5. The molecule has 2 fully saturated rings. The van der Waals surface area contributed by atoms with Gasteiger partial charge in [-0.1, -0.05) is 13.8 Å². The number of nitrogens with zero attached hydrogens (tertiary/aromatic N) is 1. The van der Waals surface area contributed by atoms with Crippen molar-refractivity contribution >= 4 is 5.91 Å². The van der Waals surface area contributed by atoms with Gasteiger partial charge in [0.25, 0.3) is 0 Å². The summed E-state index contributed by atoms with van der Waals surface area (Å²) in [5, 5.41) is 3.37. The zero-order valence-corrected chi connectivity index (χ0v) is 10.9. The summed E-state index contributed by atoms with van der Waals surface area (Å²) in [6, 6.07) is 0.0170. The Morgan fingerprint density at radius 2 is 2.12 bits per heavy atom. The Morgan fingerprint density at radius 1 is 1.35 bits per heavy atom. The van der Waals surface area contributed by atoms with E-state index < -0.39 is 0 Å². The third-order valence-electron chi connectivity index (χ3n) is 3.67. The maximum Gasteiger partial charge on any atom is 0.241 e. The van der Waals surface area contributed by atoms with Crippen molar-refractivity contribution in [2.24, 2.45) is 5.92 Å². The van der Waals surface area contributed by atoms with Crippen molar-refractivity contribution in [1.82, 2.24) is 10.2 Å². The largest absolute Gasteiger partial charge is 0.379 e. The molecule has 1 aliphatic heterocycles. The fourth-order valence-electron chi connectivity index (χ4n) is 2.34. The first kappa shape index (κ1) is 12.8. The second-order valence-electron chi connectivity index (χ2n) is 5.10. The van der Waals surface area contributed by atoms with Gasteiger partial charge in [0.05, 0.1) is 18.8 Å². The molecule has 0 spiro atoms. The third-order valence-corrected chi connectivity index (χ3v) is 3.67. The van der Waals surface area contributed by atoms with E-state index in [0.717, 1.165) is 31.9 Å². The lowest BCUT2D eigenvalue weighted by Gasteiger charge is -2.22. The zero-order chi connectivity index (χ0) is 12.3. The van der Waals surface area contributed by atoms with Gasteiger partial charge >= 0.3 is 0 Å². The number of nitrogens with one attached hydrogen (secondary N) is 1. The van der Waals surface area contributed by atoms with Crippen molar-refractivity contribution in [2.75, 3.05) is 19.8 Å². The van der Waals surface area contributed by atoms with Gasteiger partial charge in [-0.25, -0.2) is 0 Å². The molecule has 2 aliphatic rings. The van der Waals surface area contributed by atoms with Gasteiger partial charge in [-0.15, -0.1) is 0 Å². The molecule has 4 nitrogen and oxygen atoms in total. The van der Waals surface area contributed by atoms with E-state index in [1.165, 1.54) is 12.8 Å². The first-order valence-corrected chi connectivity index (χ1v) is 6.90. The van der Waals surface area contributed by atoms with Gasteiger partial charge in [0.15, 0.2) is 0 Å². The molecule has 4 heteroatoms. The van der Waals surface area contributed by atoms with Crippen molar-refractivity contribution in [3.8, 4) is 0 Å². The predicted octanol–water partition coefficient (Wildman–Crippen LogP) is 1.36. The molecule has 2 atom stereocenters. The molecule has 1 heterocycles. The summed E-state index contributed by atoms with van der Waals surface area (Å²) >= 11 is 0. The van der Waals surface area contributed by atoms with Gasteiger partial charge in [-0.05, 0) is 31.6 Å². The van der Waals surface area contributed by atoms with Crippen LogP contribution in [0, 0.1) is 5.92 Å². The number of ether oxygens (including phenoxy) is 1. The lowest BCUT2D eigenvalue weighted by molar-refractivity contribution is -0.130. The average Bonchev–Trinajstić information content (AvgIpc) is 3.10. The maximum absolute atomic E-state index is 12.1. The van der Waals surface area contributed by atoms with Crippen molar-refractivity contribution in [1.29, 1.82) is 0 Å². The second kappa shape index (κ2) is 5.83. The highest BCUT2D eigenvalue weighted by Crippen LogP contribution is 2.28. The van der Waals surface area contributed by atoms with Crippen LogP contribution in [0.15, 0.2) is 0 Å². The second-order valence-corrected chi connectivity index (χ2v) is 5.10. The minimum absolute atomic E-state index is 0.0170.